The van der Waals surface area contributed by atoms with Crippen molar-refractivity contribution in [3.63, 3.8) is 0 Å². The van der Waals surface area contributed by atoms with E-state index in [9.17, 15) is 10.0 Å². The molecular formula is C11H12N3O3-. The maximum absolute atomic E-state index is 11.7. The van der Waals surface area contributed by atoms with E-state index >= 15 is 0 Å². The molecule has 0 spiro atoms. The molecule has 2 rings (SSSR count). The van der Waals surface area contributed by atoms with Crippen LogP contribution in [0.25, 0.3) is 10.9 Å². The summed E-state index contributed by atoms with van der Waals surface area (Å²) in [6.45, 7) is 0.476. The standard InChI is InChI=1S/C11H12N3O3/c15-6-5-12-7-10-13-9-4-2-1-3-8(9)11(16)14(10)17/h1-4,12,15H,5-7H2/q-1. The lowest BCUT2D eigenvalue weighted by Gasteiger charge is -2.16. The molecule has 0 unspecified atom stereocenters. The topological polar surface area (TPSA) is 90.2 Å². The second-order valence-electron chi connectivity index (χ2n) is 3.55. The smallest absolute Gasteiger partial charge is 0.256 e. The fourth-order valence-electron chi connectivity index (χ4n) is 1.55. The molecule has 0 saturated heterocycles. The average Bonchev–Trinajstić information content (AvgIpc) is 2.35. The molecule has 1 heterocycles. The summed E-state index contributed by atoms with van der Waals surface area (Å²) in [4.78, 5) is 15.8. The van der Waals surface area contributed by atoms with Crippen LogP contribution in [-0.2, 0) is 6.54 Å². The number of nitrogens with one attached hydrogen (secondary N) is 1. The summed E-state index contributed by atoms with van der Waals surface area (Å²) in [5.74, 6) is 0.113. The Bertz CT molecular complexity index is 580. The highest BCUT2D eigenvalue weighted by Gasteiger charge is 2.04. The molecule has 0 aliphatic heterocycles. The SMILES string of the molecule is O=c1c2ccccc2nc(CNCCO)n1[O-]. The zero-order valence-corrected chi connectivity index (χ0v) is 9.09. The summed E-state index contributed by atoms with van der Waals surface area (Å²) >= 11 is 0. The summed E-state index contributed by atoms with van der Waals surface area (Å²) in [5.41, 5.74) is -0.0956. The first-order valence-electron chi connectivity index (χ1n) is 5.24. The molecule has 90 valence electrons. The van der Waals surface area contributed by atoms with E-state index in [-0.39, 0.29) is 23.7 Å². The lowest BCUT2D eigenvalue weighted by atomic mass is 10.2. The van der Waals surface area contributed by atoms with Crippen molar-refractivity contribution in [3.8, 4) is 0 Å². The average molecular weight is 234 g/mol. The van der Waals surface area contributed by atoms with Crippen LogP contribution in [0.5, 0.6) is 0 Å². The summed E-state index contributed by atoms with van der Waals surface area (Å²) < 4.78 is 0.284. The highest BCUT2D eigenvalue weighted by atomic mass is 16.5. The van der Waals surface area contributed by atoms with Gasteiger partial charge in [-0.3, -0.25) is 4.79 Å². The fourth-order valence-corrected chi connectivity index (χ4v) is 1.55. The predicted molar refractivity (Wildman–Crippen MR) is 63.6 cm³/mol. The Balaban J connectivity index is 2.43. The Morgan fingerprint density at radius 2 is 2.18 bits per heavy atom. The van der Waals surface area contributed by atoms with E-state index in [2.05, 4.69) is 10.3 Å². The van der Waals surface area contributed by atoms with Gasteiger partial charge in [0, 0.05) is 6.54 Å². The van der Waals surface area contributed by atoms with Crippen LogP contribution in [0.15, 0.2) is 29.1 Å². The second-order valence-corrected chi connectivity index (χ2v) is 3.55. The number of para-hydroxylation sites is 1. The van der Waals surface area contributed by atoms with Crippen LogP contribution < -0.4 is 10.9 Å². The van der Waals surface area contributed by atoms with E-state index in [1.54, 1.807) is 24.3 Å². The molecule has 0 aliphatic rings. The molecular weight excluding hydrogens is 222 g/mol. The van der Waals surface area contributed by atoms with E-state index < -0.39 is 5.56 Å². The lowest BCUT2D eigenvalue weighted by molar-refractivity contribution is 0.291. The molecule has 2 N–H and O–H groups in total. The van der Waals surface area contributed by atoms with Crippen LogP contribution >= 0.6 is 0 Å². The maximum Gasteiger partial charge on any atom is 0.256 e. The van der Waals surface area contributed by atoms with Crippen LogP contribution in [0, 0.1) is 5.21 Å². The van der Waals surface area contributed by atoms with Gasteiger partial charge in [0.2, 0.25) is 0 Å². The molecule has 17 heavy (non-hydrogen) atoms. The van der Waals surface area contributed by atoms with Crippen LogP contribution in [0.1, 0.15) is 5.82 Å². The zero-order valence-electron chi connectivity index (χ0n) is 9.09. The number of fused-ring (bicyclic) bond motifs is 1. The minimum atomic E-state index is -0.601. The van der Waals surface area contributed by atoms with Gasteiger partial charge in [-0.1, -0.05) is 12.1 Å². The minimum Gasteiger partial charge on any atom is -0.802 e. The molecule has 0 amide bonds. The Morgan fingerprint density at radius 3 is 2.94 bits per heavy atom. The van der Waals surface area contributed by atoms with Crippen molar-refractivity contribution in [2.24, 2.45) is 0 Å². The number of hydrogen-bond acceptors (Lipinski definition) is 5. The molecule has 0 bridgehead atoms. The van der Waals surface area contributed by atoms with E-state index in [1.165, 1.54) is 0 Å². The molecule has 0 radical (unpaired) electrons. The summed E-state index contributed by atoms with van der Waals surface area (Å²) in [5, 5.41) is 23.4. The van der Waals surface area contributed by atoms with Crippen molar-refractivity contribution in [1.29, 1.82) is 0 Å². The number of hydrogen-bond donors (Lipinski definition) is 2. The molecule has 6 nitrogen and oxygen atoms in total. The first kappa shape index (κ1) is 11.6. The minimum absolute atomic E-state index is 0.0311. The van der Waals surface area contributed by atoms with Gasteiger partial charge in [-0.15, -0.1) is 0 Å². The van der Waals surface area contributed by atoms with Gasteiger partial charge >= 0.3 is 0 Å². The van der Waals surface area contributed by atoms with Gasteiger partial charge in [-0.05, 0) is 12.1 Å². The van der Waals surface area contributed by atoms with Gasteiger partial charge in [-0.2, -0.15) is 0 Å². The van der Waals surface area contributed by atoms with Crippen LogP contribution in [0.4, 0.5) is 0 Å². The predicted octanol–water partition coefficient (Wildman–Crippen LogP) is -0.176. The largest absolute Gasteiger partial charge is 0.802 e. The van der Waals surface area contributed by atoms with Gasteiger partial charge in [0.25, 0.3) is 5.56 Å². The zero-order chi connectivity index (χ0) is 12.3. The monoisotopic (exact) mass is 234 g/mol. The molecule has 0 fully saturated rings. The number of aromatic nitrogens is 2. The van der Waals surface area contributed by atoms with Crippen molar-refractivity contribution in [2.75, 3.05) is 13.2 Å². The van der Waals surface area contributed by atoms with E-state index in [0.717, 1.165) is 0 Å². The van der Waals surface area contributed by atoms with Crippen molar-refractivity contribution in [2.45, 2.75) is 6.54 Å². The molecule has 0 atom stereocenters. The molecule has 0 saturated carbocycles. The van der Waals surface area contributed by atoms with E-state index in [1.807, 2.05) is 0 Å². The number of rotatable bonds is 4. The number of aliphatic hydroxyl groups is 1. The Kier molecular flexibility index (Phi) is 3.36. The highest BCUT2D eigenvalue weighted by molar-refractivity contribution is 5.77. The molecule has 0 aliphatic carbocycles. The van der Waals surface area contributed by atoms with Gasteiger partial charge in [-0.25, -0.2) is 4.98 Å². The summed E-state index contributed by atoms with van der Waals surface area (Å²) in [6.07, 6.45) is 0. The second kappa shape index (κ2) is 4.94. The van der Waals surface area contributed by atoms with E-state index in [4.69, 9.17) is 5.11 Å². The van der Waals surface area contributed by atoms with Crippen LogP contribution in [-0.4, -0.2) is 28.0 Å². The highest BCUT2D eigenvalue weighted by Crippen LogP contribution is 2.06. The number of nitrogens with zero attached hydrogens (tertiary/aromatic N) is 2. The Morgan fingerprint density at radius 1 is 1.41 bits per heavy atom. The van der Waals surface area contributed by atoms with Crippen molar-refractivity contribution in [3.05, 3.63) is 45.7 Å². The van der Waals surface area contributed by atoms with Crippen molar-refractivity contribution < 1.29 is 5.11 Å². The van der Waals surface area contributed by atoms with Gasteiger partial charge in [0.1, 0.15) is 5.82 Å². The lowest BCUT2D eigenvalue weighted by Crippen LogP contribution is -2.26. The third-order valence-electron chi connectivity index (χ3n) is 2.37. The molecule has 1 aromatic carbocycles. The van der Waals surface area contributed by atoms with Crippen molar-refractivity contribution >= 4 is 10.9 Å². The Hall–Kier alpha value is -1.92. The molecule has 1 aromatic heterocycles. The molecule has 6 heteroatoms. The van der Waals surface area contributed by atoms with Gasteiger partial charge < -0.3 is 20.4 Å². The van der Waals surface area contributed by atoms with Gasteiger partial charge in [0.05, 0.1) is 24.1 Å². The maximum atomic E-state index is 11.7. The van der Waals surface area contributed by atoms with Crippen LogP contribution in [0.2, 0.25) is 0 Å². The Labute approximate surface area is 97.1 Å². The first-order chi connectivity index (χ1) is 8.24. The van der Waals surface area contributed by atoms with Crippen LogP contribution in [0.3, 0.4) is 0 Å². The number of benzene rings is 1. The normalized spacial score (nSPS) is 10.9. The summed E-state index contributed by atoms with van der Waals surface area (Å²) in [7, 11) is 0. The quantitative estimate of drug-likeness (QED) is 0.716. The van der Waals surface area contributed by atoms with E-state index in [0.29, 0.717) is 17.4 Å². The fraction of sp³-hybridized carbons (Fsp3) is 0.273. The third kappa shape index (κ3) is 2.27. The molecule has 2 aromatic rings. The number of aliphatic hydroxyl groups excluding tert-OH is 1. The first-order valence-corrected chi connectivity index (χ1v) is 5.24. The third-order valence-corrected chi connectivity index (χ3v) is 2.37. The summed E-state index contributed by atoms with van der Waals surface area (Å²) in [6, 6.07) is 6.71. The van der Waals surface area contributed by atoms with Gasteiger partial charge in [0.15, 0.2) is 0 Å². The van der Waals surface area contributed by atoms with Crippen molar-refractivity contribution in [1.82, 2.24) is 15.0 Å².